The normalized spacial score (nSPS) is 12.1. The minimum Gasteiger partial charge on any atom is -0.412 e. The molecule has 23 heavy (non-hydrogen) atoms. The SMILES string of the molecule is CCCOn1c(C(F)(F)F)nc2c([N+](=O)[O-])cc(C(F)F)cc21. The van der Waals surface area contributed by atoms with Crippen molar-refractivity contribution in [2.24, 2.45) is 0 Å². The average Bonchev–Trinajstić information content (AvgIpc) is 2.82. The molecule has 6 nitrogen and oxygen atoms in total. The smallest absolute Gasteiger partial charge is 0.412 e. The molecule has 0 aliphatic carbocycles. The summed E-state index contributed by atoms with van der Waals surface area (Å²) in [6.45, 7) is 1.47. The summed E-state index contributed by atoms with van der Waals surface area (Å²) < 4.78 is 65.0. The van der Waals surface area contributed by atoms with Gasteiger partial charge in [-0.15, -0.1) is 0 Å². The lowest BCUT2D eigenvalue weighted by atomic mass is 10.2. The van der Waals surface area contributed by atoms with E-state index >= 15 is 0 Å². The number of nitro groups is 1. The molecule has 0 spiro atoms. The first-order valence-corrected chi connectivity index (χ1v) is 6.36. The fourth-order valence-corrected chi connectivity index (χ4v) is 1.92. The number of non-ortho nitro benzene ring substituents is 1. The summed E-state index contributed by atoms with van der Waals surface area (Å²) >= 11 is 0. The van der Waals surface area contributed by atoms with Crippen LogP contribution in [0.5, 0.6) is 0 Å². The maximum Gasteiger partial charge on any atom is 0.453 e. The predicted octanol–water partition coefficient (Wildman–Crippen LogP) is 3.74. The van der Waals surface area contributed by atoms with Gasteiger partial charge in [0.25, 0.3) is 17.9 Å². The van der Waals surface area contributed by atoms with E-state index in [1.807, 2.05) is 0 Å². The minimum absolute atomic E-state index is 0.152. The van der Waals surface area contributed by atoms with Gasteiger partial charge in [-0.05, 0) is 12.5 Å². The summed E-state index contributed by atoms with van der Waals surface area (Å²) in [7, 11) is 0. The number of nitrogens with zero attached hydrogens (tertiary/aromatic N) is 3. The van der Waals surface area contributed by atoms with Crippen LogP contribution in [-0.2, 0) is 6.18 Å². The van der Waals surface area contributed by atoms with Crippen LogP contribution in [0.1, 0.15) is 31.2 Å². The number of benzene rings is 1. The van der Waals surface area contributed by atoms with Crippen LogP contribution in [0.3, 0.4) is 0 Å². The van der Waals surface area contributed by atoms with Gasteiger partial charge >= 0.3 is 6.18 Å². The Morgan fingerprint density at radius 3 is 2.52 bits per heavy atom. The first kappa shape index (κ1) is 16.9. The zero-order chi connectivity index (χ0) is 17.4. The van der Waals surface area contributed by atoms with Gasteiger partial charge in [-0.25, -0.2) is 13.8 Å². The lowest BCUT2D eigenvalue weighted by Crippen LogP contribution is -2.21. The van der Waals surface area contributed by atoms with E-state index < -0.39 is 45.6 Å². The molecular formula is C12H10F5N3O3. The molecule has 0 N–H and O–H groups in total. The van der Waals surface area contributed by atoms with Crippen molar-refractivity contribution in [2.75, 3.05) is 6.61 Å². The molecule has 1 aromatic heterocycles. The Balaban J connectivity index is 2.83. The number of aromatic nitrogens is 2. The fraction of sp³-hybridized carbons (Fsp3) is 0.417. The third-order valence-corrected chi connectivity index (χ3v) is 2.85. The van der Waals surface area contributed by atoms with Crippen LogP contribution >= 0.6 is 0 Å². The second-order valence-corrected chi connectivity index (χ2v) is 4.53. The highest BCUT2D eigenvalue weighted by Crippen LogP contribution is 2.36. The van der Waals surface area contributed by atoms with Crippen molar-refractivity contribution in [3.8, 4) is 0 Å². The summed E-state index contributed by atoms with van der Waals surface area (Å²) in [5, 5.41) is 11.0. The number of fused-ring (bicyclic) bond motifs is 1. The van der Waals surface area contributed by atoms with Crippen molar-refractivity contribution < 1.29 is 31.7 Å². The molecule has 1 heterocycles. The van der Waals surface area contributed by atoms with E-state index in [-0.39, 0.29) is 11.3 Å². The highest BCUT2D eigenvalue weighted by molar-refractivity contribution is 5.86. The quantitative estimate of drug-likeness (QED) is 0.473. The van der Waals surface area contributed by atoms with E-state index in [4.69, 9.17) is 4.84 Å². The standard InChI is InChI=1S/C12H10F5N3O3/c1-2-3-23-19-7-4-6(10(13)14)5-8(20(21)22)9(7)18-11(19)12(15,16)17/h4-5,10H,2-3H2,1H3. The maximum absolute atomic E-state index is 13.0. The van der Waals surface area contributed by atoms with Gasteiger partial charge in [0.05, 0.1) is 4.92 Å². The van der Waals surface area contributed by atoms with Crippen molar-refractivity contribution in [1.29, 1.82) is 0 Å². The number of nitro benzene ring substituents is 1. The second-order valence-electron chi connectivity index (χ2n) is 4.53. The monoisotopic (exact) mass is 339 g/mol. The van der Waals surface area contributed by atoms with Crippen LogP contribution < -0.4 is 4.84 Å². The van der Waals surface area contributed by atoms with E-state index in [2.05, 4.69) is 4.98 Å². The first-order valence-electron chi connectivity index (χ1n) is 6.36. The van der Waals surface area contributed by atoms with Gasteiger partial charge in [0, 0.05) is 11.6 Å². The van der Waals surface area contributed by atoms with E-state index in [1.54, 1.807) is 6.92 Å². The molecule has 2 aromatic rings. The van der Waals surface area contributed by atoms with E-state index in [1.165, 1.54) is 0 Å². The highest BCUT2D eigenvalue weighted by atomic mass is 19.4. The molecule has 0 amide bonds. The number of hydrogen-bond acceptors (Lipinski definition) is 4. The number of imidazole rings is 1. The fourth-order valence-electron chi connectivity index (χ4n) is 1.92. The largest absolute Gasteiger partial charge is 0.453 e. The molecule has 11 heteroatoms. The zero-order valence-electron chi connectivity index (χ0n) is 11.6. The second kappa shape index (κ2) is 5.97. The average molecular weight is 339 g/mol. The maximum atomic E-state index is 13.0. The van der Waals surface area contributed by atoms with Gasteiger partial charge in [-0.1, -0.05) is 6.92 Å². The number of halogens is 5. The molecule has 0 saturated heterocycles. The summed E-state index contributed by atoms with van der Waals surface area (Å²) in [4.78, 5) is 18.0. The highest BCUT2D eigenvalue weighted by Gasteiger charge is 2.40. The first-order chi connectivity index (χ1) is 10.7. The van der Waals surface area contributed by atoms with Crippen LogP contribution in [0, 0.1) is 10.1 Å². The molecule has 2 rings (SSSR count). The third kappa shape index (κ3) is 3.17. The van der Waals surface area contributed by atoms with E-state index in [0.29, 0.717) is 18.6 Å². The van der Waals surface area contributed by atoms with Crippen molar-refractivity contribution in [3.63, 3.8) is 0 Å². The van der Waals surface area contributed by atoms with Gasteiger partial charge in [0.1, 0.15) is 12.1 Å². The van der Waals surface area contributed by atoms with Crippen LogP contribution in [0.15, 0.2) is 12.1 Å². The Labute approximate surface area is 125 Å². The van der Waals surface area contributed by atoms with Crippen LogP contribution in [0.4, 0.5) is 27.6 Å². The molecular weight excluding hydrogens is 329 g/mol. The molecule has 0 aliphatic rings. The van der Waals surface area contributed by atoms with Gasteiger partial charge in [0.2, 0.25) is 0 Å². The molecule has 0 aliphatic heterocycles. The van der Waals surface area contributed by atoms with E-state index in [0.717, 1.165) is 0 Å². The molecule has 0 unspecified atom stereocenters. The Morgan fingerprint density at radius 1 is 1.39 bits per heavy atom. The van der Waals surface area contributed by atoms with Crippen molar-refractivity contribution in [2.45, 2.75) is 25.9 Å². The zero-order valence-corrected chi connectivity index (χ0v) is 11.6. The summed E-state index contributed by atoms with van der Waals surface area (Å²) in [6, 6.07) is 1.20. The Morgan fingerprint density at radius 2 is 2.04 bits per heavy atom. The topological polar surface area (TPSA) is 70.2 Å². The Kier molecular flexibility index (Phi) is 4.39. The lowest BCUT2D eigenvalue weighted by molar-refractivity contribution is -0.383. The summed E-state index contributed by atoms with van der Waals surface area (Å²) in [5.41, 5.74) is -2.93. The molecule has 0 bridgehead atoms. The third-order valence-electron chi connectivity index (χ3n) is 2.85. The van der Waals surface area contributed by atoms with Crippen molar-refractivity contribution >= 4 is 16.7 Å². The lowest BCUT2D eigenvalue weighted by Gasteiger charge is -2.12. The summed E-state index contributed by atoms with van der Waals surface area (Å²) in [5.74, 6) is -1.55. The molecule has 0 saturated carbocycles. The number of hydrogen-bond donors (Lipinski definition) is 0. The number of rotatable bonds is 5. The van der Waals surface area contributed by atoms with Gasteiger partial charge < -0.3 is 4.84 Å². The molecule has 0 radical (unpaired) electrons. The minimum atomic E-state index is -4.97. The summed E-state index contributed by atoms with van der Waals surface area (Å²) in [6.07, 6.45) is -7.72. The van der Waals surface area contributed by atoms with Gasteiger partial charge in [0.15, 0.2) is 5.52 Å². The van der Waals surface area contributed by atoms with Crippen LogP contribution in [0.2, 0.25) is 0 Å². The Bertz CT molecular complexity index is 742. The van der Waals surface area contributed by atoms with Crippen LogP contribution in [-0.4, -0.2) is 21.2 Å². The molecule has 126 valence electrons. The van der Waals surface area contributed by atoms with Crippen molar-refractivity contribution in [3.05, 3.63) is 33.6 Å². The number of alkyl halides is 5. The van der Waals surface area contributed by atoms with E-state index in [9.17, 15) is 32.1 Å². The van der Waals surface area contributed by atoms with Crippen molar-refractivity contribution in [1.82, 2.24) is 9.71 Å². The Hall–Kier alpha value is -2.46. The van der Waals surface area contributed by atoms with Crippen LogP contribution in [0.25, 0.3) is 11.0 Å². The predicted molar refractivity (Wildman–Crippen MR) is 68.1 cm³/mol. The molecule has 1 aromatic carbocycles. The van der Waals surface area contributed by atoms with Gasteiger partial charge in [-0.2, -0.15) is 17.9 Å². The molecule has 0 fully saturated rings. The molecule has 0 atom stereocenters. The van der Waals surface area contributed by atoms with Gasteiger partial charge in [-0.3, -0.25) is 10.1 Å².